The molecule has 0 bridgehead atoms. The van der Waals surface area contributed by atoms with E-state index in [0.717, 1.165) is 35.1 Å². The fourth-order valence-electron chi connectivity index (χ4n) is 2.94. The van der Waals surface area contributed by atoms with Crippen LogP contribution in [-0.2, 0) is 11.3 Å². The molecule has 0 aliphatic carbocycles. The van der Waals surface area contributed by atoms with E-state index in [4.69, 9.17) is 4.74 Å². The number of aldehydes is 1. The van der Waals surface area contributed by atoms with Crippen molar-refractivity contribution in [2.75, 3.05) is 18.0 Å². The minimum Gasteiger partial charge on any atom is -0.445 e. The summed E-state index contributed by atoms with van der Waals surface area (Å²) in [5.41, 5.74) is 2.36. The number of nitrogens with one attached hydrogen (secondary N) is 1. The molecule has 26 heavy (non-hydrogen) atoms. The Bertz CT molecular complexity index is 779. The second-order valence-corrected chi connectivity index (χ2v) is 7.19. The third-order valence-corrected chi connectivity index (χ3v) is 5.10. The van der Waals surface area contributed by atoms with Crippen molar-refractivity contribution in [1.29, 1.82) is 0 Å². The van der Waals surface area contributed by atoms with E-state index in [1.54, 1.807) is 12.4 Å². The van der Waals surface area contributed by atoms with E-state index in [1.807, 2.05) is 37.3 Å². The highest BCUT2D eigenvalue weighted by Crippen LogP contribution is 2.34. The first-order valence-corrected chi connectivity index (χ1v) is 9.18. The Labute approximate surface area is 160 Å². The van der Waals surface area contributed by atoms with Gasteiger partial charge in [0.25, 0.3) is 0 Å². The number of carbonyl (C=O) groups excluding carboxylic acids is 2. The Morgan fingerprint density at radius 1 is 1.38 bits per heavy atom. The van der Waals surface area contributed by atoms with Gasteiger partial charge in [0.15, 0.2) is 6.29 Å². The zero-order valence-corrected chi connectivity index (χ0v) is 16.0. The average molecular weight is 418 g/mol. The molecule has 1 N–H and O–H groups in total. The van der Waals surface area contributed by atoms with Gasteiger partial charge >= 0.3 is 6.09 Å². The molecule has 1 aromatic heterocycles. The van der Waals surface area contributed by atoms with Crippen molar-refractivity contribution in [1.82, 2.24) is 10.3 Å². The van der Waals surface area contributed by atoms with E-state index in [9.17, 15) is 9.59 Å². The molecule has 1 atom stereocenters. The van der Waals surface area contributed by atoms with E-state index in [0.29, 0.717) is 11.5 Å². The molecule has 1 fully saturated rings. The van der Waals surface area contributed by atoms with Crippen molar-refractivity contribution in [3.05, 3.63) is 58.3 Å². The van der Waals surface area contributed by atoms with Crippen molar-refractivity contribution in [3.8, 4) is 0 Å². The second-order valence-electron chi connectivity index (χ2n) is 6.34. The lowest BCUT2D eigenvalue weighted by molar-refractivity contribution is 0.112. The number of benzene rings is 1. The van der Waals surface area contributed by atoms with Crippen LogP contribution in [0.25, 0.3) is 0 Å². The number of ether oxygens (including phenoxy) is 1. The lowest BCUT2D eigenvalue weighted by Gasteiger charge is -2.44. The topological polar surface area (TPSA) is 71.5 Å². The summed E-state index contributed by atoms with van der Waals surface area (Å²) >= 11 is 3.45. The minimum absolute atomic E-state index is 0.0187. The summed E-state index contributed by atoms with van der Waals surface area (Å²) in [6.45, 7) is 3.73. The Hall–Kier alpha value is -2.41. The molecule has 0 spiro atoms. The molecule has 1 aliphatic heterocycles. The summed E-state index contributed by atoms with van der Waals surface area (Å²) in [4.78, 5) is 29.3. The SMILES string of the molecule is CC(NC(=O)OCc1ccccc1)C1CN(c2c(Br)cncc2C=O)C1. The van der Waals surface area contributed by atoms with Gasteiger partial charge in [-0.25, -0.2) is 4.79 Å². The molecule has 7 heteroatoms. The molecular formula is C19H20BrN3O3. The van der Waals surface area contributed by atoms with E-state index in [2.05, 4.69) is 31.1 Å². The maximum absolute atomic E-state index is 12.0. The molecule has 136 valence electrons. The zero-order valence-electron chi connectivity index (χ0n) is 14.4. The van der Waals surface area contributed by atoms with Crippen LogP contribution in [0.15, 0.2) is 47.2 Å². The standard InChI is InChI=1S/C19H20BrN3O3/c1-13(22-19(25)26-12-14-5-3-2-4-6-14)16-9-23(10-16)18-15(11-24)7-21-8-17(18)20/h2-8,11,13,16H,9-10,12H2,1H3,(H,22,25). The lowest BCUT2D eigenvalue weighted by atomic mass is 9.91. The van der Waals surface area contributed by atoms with Gasteiger partial charge in [0.05, 0.1) is 15.7 Å². The summed E-state index contributed by atoms with van der Waals surface area (Å²) < 4.78 is 6.05. The fourth-order valence-corrected chi connectivity index (χ4v) is 3.54. The second kappa shape index (κ2) is 8.31. The molecule has 2 aromatic rings. The van der Waals surface area contributed by atoms with Crippen LogP contribution in [0.3, 0.4) is 0 Å². The molecule has 2 heterocycles. The van der Waals surface area contributed by atoms with E-state index in [1.165, 1.54) is 0 Å². The largest absolute Gasteiger partial charge is 0.445 e. The first kappa shape index (κ1) is 18.4. The van der Waals surface area contributed by atoms with Crippen molar-refractivity contribution >= 4 is 34.0 Å². The predicted octanol–water partition coefficient (Wildman–Crippen LogP) is 3.41. The number of carbonyl (C=O) groups is 2. The number of amides is 1. The quantitative estimate of drug-likeness (QED) is 0.729. The Morgan fingerprint density at radius 3 is 2.81 bits per heavy atom. The number of pyridine rings is 1. The summed E-state index contributed by atoms with van der Waals surface area (Å²) in [6.07, 6.45) is 3.63. The molecule has 1 aromatic carbocycles. The van der Waals surface area contributed by atoms with Gasteiger partial charge in [-0.3, -0.25) is 9.78 Å². The number of halogens is 1. The van der Waals surface area contributed by atoms with Gasteiger partial charge in [-0.15, -0.1) is 0 Å². The van der Waals surface area contributed by atoms with Crippen LogP contribution in [-0.4, -0.2) is 36.5 Å². The van der Waals surface area contributed by atoms with Crippen LogP contribution in [0, 0.1) is 5.92 Å². The van der Waals surface area contributed by atoms with E-state index in [-0.39, 0.29) is 12.6 Å². The van der Waals surface area contributed by atoms with Gasteiger partial charge in [0.2, 0.25) is 0 Å². The molecule has 0 saturated carbocycles. The van der Waals surface area contributed by atoms with Crippen molar-refractivity contribution < 1.29 is 14.3 Å². The highest BCUT2D eigenvalue weighted by Gasteiger charge is 2.34. The van der Waals surface area contributed by atoms with Crippen LogP contribution in [0.1, 0.15) is 22.8 Å². The maximum Gasteiger partial charge on any atom is 0.407 e. The van der Waals surface area contributed by atoms with Gasteiger partial charge in [-0.1, -0.05) is 30.3 Å². The third kappa shape index (κ3) is 4.22. The predicted molar refractivity (Wildman–Crippen MR) is 102 cm³/mol. The highest BCUT2D eigenvalue weighted by molar-refractivity contribution is 9.10. The first-order chi connectivity index (χ1) is 12.6. The molecule has 1 unspecified atom stereocenters. The van der Waals surface area contributed by atoms with Crippen molar-refractivity contribution in [2.24, 2.45) is 5.92 Å². The Morgan fingerprint density at radius 2 is 2.12 bits per heavy atom. The highest BCUT2D eigenvalue weighted by atomic mass is 79.9. The smallest absolute Gasteiger partial charge is 0.407 e. The number of aromatic nitrogens is 1. The summed E-state index contributed by atoms with van der Waals surface area (Å²) in [5.74, 6) is 0.291. The van der Waals surface area contributed by atoms with Crippen LogP contribution in [0.5, 0.6) is 0 Å². The number of alkyl carbamates (subject to hydrolysis) is 1. The van der Waals surface area contributed by atoms with E-state index < -0.39 is 6.09 Å². The van der Waals surface area contributed by atoms with Crippen molar-refractivity contribution in [2.45, 2.75) is 19.6 Å². The average Bonchev–Trinajstić information content (AvgIpc) is 2.61. The van der Waals surface area contributed by atoms with Gasteiger partial charge in [0, 0.05) is 37.4 Å². The molecule has 6 nitrogen and oxygen atoms in total. The lowest BCUT2D eigenvalue weighted by Crippen LogP contribution is -2.56. The van der Waals surface area contributed by atoms with Crippen LogP contribution >= 0.6 is 15.9 Å². The number of nitrogens with zero attached hydrogens (tertiary/aromatic N) is 2. The van der Waals surface area contributed by atoms with Crippen LogP contribution in [0.2, 0.25) is 0 Å². The molecule has 3 rings (SSSR count). The van der Waals surface area contributed by atoms with Gasteiger partial charge in [0.1, 0.15) is 6.61 Å². The molecule has 1 amide bonds. The van der Waals surface area contributed by atoms with Gasteiger partial charge in [-0.05, 0) is 28.4 Å². The molecule has 0 radical (unpaired) electrons. The Balaban J connectivity index is 1.48. The van der Waals surface area contributed by atoms with Crippen LogP contribution < -0.4 is 10.2 Å². The summed E-state index contributed by atoms with van der Waals surface area (Å²) in [7, 11) is 0. The fraction of sp³-hybridized carbons (Fsp3) is 0.316. The molecular weight excluding hydrogens is 398 g/mol. The minimum atomic E-state index is -0.418. The summed E-state index contributed by atoms with van der Waals surface area (Å²) in [5, 5.41) is 2.89. The summed E-state index contributed by atoms with van der Waals surface area (Å²) in [6, 6.07) is 9.55. The third-order valence-electron chi connectivity index (χ3n) is 4.52. The van der Waals surface area contributed by atoms with Gasteiger partial charge < -0.3 is 15.0 Å². The first-order valence-electron chi connectivity index (χ1n) is 8.39. The number of anilines is 1. The van der Waals surface area contributed by atoms with E-state index >= 15 is 0 Å². The van der Waals surface area contributed by atoms with Crippen LogP contribution in [0.4, 0.5) is 10.5 Å². The Kier molecular flexibility index (Phi) is 5.88. The van der Waals surface area contributed by atoms with Crippen molar-refractivity contribution in [3.63, 3.8) is 0 Å². The monoisotopic (exact) mass is 417 g/mol. The number of rotatable bonds is 6. The zero-order chi connectivity index (χ0) is 18.5. The number of hydrogen-bond donors (Lipinski definition) is 1. The number of hydrogen-bond acceptors (Lipinski definition) is 5. The molecule has 1 aliphatic rings. The molecule has 1 saturated heterocycles. The van der Waals surface area contributed by atoms with Gasteiger partial charge in [-0.2, -0.15) is 0 Å². The normalized spacial score (nSPS) is 15.1. The maximum atomic E-state index is 12.0.